The van der Waals surface area contributed by atoms with Gasteiger partial charge in [-0.25, -0.2) is 23.5 Å². The minimum Gasteiger partial charge on any atom is -0.473 e. The molecule has 1 aliphatic carbocycles. The second-order valence-electron chi connectivity index (χ2n) is 8.07. The number of benzene rings is 1. The first-order valence-corrected chi connectivity index (χ1v) is 9.94. The number of fused-ring (bicyclic) bond motifs is 2. The lowest BCUT2D eigenvalue weighted by atomic mass is 10.2. The molecule has 3 aliphatic rings. The molecule has 13 heteroatoms. The molecule has 1 spiro atoms. The third-order valence-electron chi connectivity index (χ3n) is 5.88. The van der Waals surface area contributed by atoms with Crippen LogP contribution in [-0.2, 0) is 19.3 Å². The fraction of sp³-hybridized carbons (Fsp3) is 0.238. The third kappa shape index (κ3) is 3.10. The Balaban J connectivity index is 1.17. The molecule has 6 rings (SSSR count). The van der Waals surface area contributed by atoms with E-state index in [9.17, 15) is 26.7 Å². The largest absolute Gasteiger partial charge is 0.473 e. The Labute approximate surface area is 186 Å². The number of aromatic nitrogens is 4. The van der Waals surface area contributed by atoms with Gasteiger partial charge in [-0.1, -0.05) is 0 Å². The minimum absolute atomic E-state index is 0.0128. The molecule has 3 aromatic rings. The van der Waals surface area contributed by atoms with Crippen molar-refractivity contribution in [1.82, 2.24) is 19.5 Å². The Hall–Kier alpha value is -4.03. The predicted octanol–water partition coefficient (Wildman–Crippen LogP) is 3.56. The highest BCUT2D eigenvalue weighted by Gasteiger charge is 2.64. The Morgan fingerprint density at radius 2 is 1.79 bits per heavy atom. The van der Waals surface area contributed by atoms with Crippen molar-refractivity contribution < 1.29 is 31.4 Å². The molecule has 2 aliphatic heterocycles. The average Bonchev–Trinajstić information content (AvgIpc) is 3.22. The summed E-state index contributed by atoms with van der Waals surface area (Å²) in [5.41, 5.74) is 0.801. The molecule has 2 aromatic heterocycles. The van der Waals surface area contributed by atoms with Crippen LogP contribution in [0.2, 0.25) is 0 Å². The topological polar surface area (TPSA) is 82.4 Å². The second kappa shape index (κ2) is 6.74. The van der Waals surface area contributed by atoms with Gasteiger partial charge in [-0.05, 0) is 23.3 Å². The molecule has 0 saturated heterocycles. The number of anilines is 1. The average molecular weight is 477 g/mol. The molecular weight excluding hydrogens is 465 g/mol. The van der Waals surface area contributed by atoms with E-state index in [0.717, 1.165) is 18.6 Å². The van der Waals surface area contributed by atoms with E-state index in [1.165, 1.54) is 5.57 Å². The Kier molecular flexibility index (Phi) is 4.08. The summed E-state index contributed by atoms with van der Waals surface area (Å²) in [4.78, 5) is 24.4. The van der Waals surface area contributed by atoms with Crippen LogP contribution in [0.25, 0.3) is 0 Å². The summed E-state index contributed by atoms with van der Waals surface area (Å²) in [5, 5.41) is 0. The fourth-order valence-electron chi connectivity index (χ4n) is 4.15. The van der Waals surface area contributed by atoms with Gasteiger partial charge in [0.15, 0.2) is 23.1 Å². The van der Waals surface area contributed by atoms with Gasteiger partial charge in [0.1, 0.15) is 12.4 Å². The number of halogens is 5. The van der Waals surface area contributed by atoms with E-state index in [0.29, 0.717) is 24.8 Å². The van der Waals surface area contributed by atoms with E-state index in [2.05, 4.69) is 15.0 Å². The SMILES string of the molecule is O=c1nc(OCc2cc(F)c(Oc3cnc(C(F)(F)F)nc3)c(F)c2)cc2n1CC13CC1=CN23. The molecule has 0 bridgehead atoms. The van der Waals surface area contributed by atoms with Crippen LogP contribution in [0.1, 0.15) is 17.8 Å². The second-order valence-corrected chi connectivity index (χ2v) is 8.07. The molecule has 1 fully saturated rings. The van der Waals surface area contributed by atoms with Crippen molar-refractivity contribution in [2.75, 3.05) is 4.90 Å². The van der Waals surface area contributed by atoms with E-state index in [4.69, 9.17) is 9.47 Å². The first-order chi connectivity index (χ1) is 16.1. The number of alkyl halides is 3. The van der Waals surface area contributed by atoms with Crippen LogP contribution in [0.4, 0.5) is 27.8 Å². The molecule has 4 heterocycles. The summed E-state index contributed by atoms with van der Waals surface area (Å²) in [7, 11) is 0. The molecular formula is C21H12F5N5O3. The number of nitrogens with zero attached hydrogens (tertiary/aromatic N) is 5. The van der Waals surface area contributed by atoms with Gasteiger partial charge in [0, 0.05) is 18.7 Å². The number of ether oxygens (including phenoxy) is 2. The zero-order valence-corrected chi connectivity index (χ0v) is 16.9. The van der Waals surface area contributed by atoms with Crippen molar-refractivity contribution in [3.05, 3.63) is 75.9 Å². The molecule has 8 nitrogen and oxygen atoms in total. The maximum atomic E-state index is 14.5. The molecule has 1 unspecified atom stereocenters. The van der Waals surface area contributed by atoms with Crippen LogP contribution >= 0.6 is 0 Å². The number of hydrogen-bond acceptors (Lipinski definition) is 7. The third-order valence-corrected chi connectivity index (χ3v) is 5.88. The van der Waals surface area contributed by atoms with Crippen molar-refractivity contribution in [2.45, 2.75) is 31.3 Å². The van der Waals surface area contributed by atoms with Crippen molar-refractivity contribution in [3.63, 3.8) is 0 Å². The summed E-state index contributed by atoms with van der Waals surface area (Å²) in [5.74, 6) is -4.20. The van der Waals surface area contributed by atoms with Gasteiger partial charge in [-0.2, -0.15) is 18.2 Å². The number of hydrogen-bond donors (Lipinski definition) is 0. The van der Waals surface area contributed by atoms with Crippen LogP contribution < -0.4 is 20.1 Å². The van der Waals surface area contributed by atoms with Crippen LogP contribution in [0.3, 0.4) is 0 Å². The number of rotatable bonds is 5. The summed E-state index contributed by atoms with van der Waals surface area (Å²) >= 11 is 0. The minimum atomic E-state index is -4.76. The van der Waals surface area contributed by atoms with Gasteiger partial charge >= 0.3 is 11.9 Å². The van der Waals surface area contributed by atoms with E-state index < -0.39 is 35.1 Å². The molecule has 1 aromatic carbocycles. The fourth-order valence-corrected chi connectivity index (χ4v) is 4.15. The quantitative estimate of drug-likeness (QED) is 0.520. The van der Waals surface area contributed by atoms with E-state index >= 15 is 0 Å². The first kappa shape index (κ1) is 20.6. The lowest BCUT2D eigenvalue weighted by molar-refractivity contribution is -0.145. The maximum Gasteiger partial charge on any atom is 0.451 e. The first-order valence-electron chi connectivity index (χ1n) is 9.94. The van der Waals surface area contributed by atoms with Gasteiger partial charge in [-0.3, -0.25) is 4.57 Å². The lowest BCUT2D eigenvalue weighted by Crippen LogP contribution is -2.35. The molecule has 1 saturated carbocycles. The highest BCUT2D eigenvalue weighted by Crippen LogP contribution is 2.61. The van der Waals surface area contributed by atoms with Crippen LogP contribution in [0, 0.1) is 11.6 Å². The molecule has 174 valence electrons. The van der Waals surface area contributed by atoms with Crippen LogP contribution in [-0.4, -0.2) is 25.1 Å². The monoisotopic (exact) mass is 477 g/mol. The van der Waals surface area contributed by atoms with Crippen molar-refractivity contribution in [3.8, 4) is 17.4 Å². The van der Waals surface area contributed by atoms with Crippen LogP contribution in [0.5, 0.6) is 17.4 Å². The Morgan fingerprint density at radius 1 is 1.09 bits per heavy atom. The summed E-state index contributed by atoms with van der Waals surface area (Å²) in [6.45, 7) is 0.252. The predicted molar refractivity (Wildman–Crippen MR) is 104 cm³/mol. The smallest absolute Gasteiger partial charge is 0.451 e. The summed E-state index contributed by atoms with van der Waals surface area (Å²) < 4.78 is 78.6. The maximum absolute atomic E-state index is 14.5. The Bertz CT molecular complexity index is 1410. The van der Waals surface area contributed by atoms with Gasteiger partial charge in [-0.15, -0.1) is 0 Å². The van der Waals surface area contributed by atoms with Gasteiger partial charge < -0.3 is 14.4 Å². The standard InChI is InChI=1S/C21H12F5N5O3/c22-13-1-10(2-14(23)17(13)34-12-5-27-18(28-6-12)21(24,25)26)8-33-15-3-16-30(19(32)29-15)9-20-4-11(20)7-31(16)20/h1-3,5-7H,4,8-9H2. The Morgan fingerprint density at radius 3 is 2.41 bits per heavy atom. The zero-order valence-electron chi connectivity index (χ0n) is 16.9. The summed E-state index contributed by atoms with van der Waals surface area (Å²) in [6, 6.07) is 3.47. The van der Waals surface area contributed by atoms with Gasteiger partial charge in [0.2, 0.25) is 11.7 Å². The van der Waals surface area contributed by atoms with Crippen molar-refractivity contribution in [1.29, 1.82) is 0 Å². The molecule has 0 N–H and O–H groups in total. The van der Waals surface area contributed by atoms with Gasteiger partial charge in [0.25, 0.3) is 0 Å². The molecule has 0 amide bonds. The van der Waals surface area contributed by atoms with E-state index in [1.807, 2.05) is 11.1 Å². The summed E-state index contributed by atoms with van der Waals surface area (Å²) in [6.07, 6.45) is -0.565. The molecule has 0 radical (unpaired) electrons. The van der Waals surface area contributed by atoms with E-state index in [-0.39, 0.29) is 29.3 Å². The van der Waals surface area contributed by atoms with Crippen LogP contribution in [0.15, 0.2) is 47.2 Å². The van der Waals surface area contributed by atoms with Crippen molar-refractivity contribution in [2.24, 2.45) is 0 Å². The highest BCUT2D eigenvalue weighted by atomic mass is 19.4. The zero-order chi connectivity index (χ0) is 23.8. The van der Waals surface area contributed by atoms with Gasteiger partial charge in [0.05, 0.1) is 24.5 Å². The van der Waals surface area contributed by atoms with Crippen molar-refractivity contribution >= 4 is 5.82 Å². The molecule has 34 heavy (non-hydrogen) atoms. The molecule has 1 atom stereocenters. The lowest BCUT2D eigenvalue weighted by Gasteiger charge is -2.27. The highest BCUT2D eigenvalue weighted by molar-refractivity contribution is 5.71. The normalized spacial score (nSPS) is 19.6. The van der Waals surface area contributed by atoms with E-state index in [1.54, 1.807) is 10.6 Å².